The Morgan fingerprint density at radius 1 is 1.38 bits per heavy atom. The number of hydrogen-bond donors (Lipinski definition) is 1. The average molecular weight is 553 g/mol. The third kappa shape index (κ3) is 3.69. The maximum absolute atomic E-state index is 12.1. The van der Waals surface area contributed by atoms with E-state index in [4.69, 9.17) is 9.47 Å². The van der Waals surface area contributed by atoms with E-state index in [9.17, 15) is 4.79 Å². The van der Waals surface area contributed by atoms with Crippen LogP contribution < -0.4 is 0 Å². The Morgan fingerprint density at radius 3 is 2.96 bits per heavy atom. The van der Waals surface area contributed by atoms with Crippen molar-refractivity contribution in [1.82, 2.24) is 24.7 Å². The van der Waals surface area contributed by atoms with Gasteiger partial charge in [0, 0.05) is 56.2 Å². The minimum Gasteiger partial charge on any atom is -0.462 e. The van der Waals surface area contributed by atoms with Gasteiger partial charge < -0.3 is 14.5 Å². The number of methoxy groups -OCH3 is 1. The molecule has 0 aliphatic heterocycles. The molecule has 0 radical (unpaired) electrons. The molecule has 0 unspecified atom stereocenters. The number of carbonyl (C=O) groups excluding carboxylic acids is 1. The summed E-state index contributed by atoms with van der Waals surface area (Å²) < 4.78 is 11.9. The maximum Gasteiger partial charge on any atom is 0.340 e. The Morgan fingerprint density at radius 2 is 2.21 bits per heavy atom. The molecule has 124 valence electrons. The van der Waals surface area contributed by atoms with E-state index in [1.165, 1.54) is 6.33 Å². The summed E-state index contributed by atoms with van der Waals surface area (Å²) in [4.78, 5) is 23.6. The molecule has 1 N–H and O–H groups in total. The van der Waals surface area contributed by atoms with Gasteiger partial charge in [-0.25, -0.2) is 14.8 Å². The van der Waals surface area contributed by atoms with Gasteiger partial charge >= 0.3 is 5.97 Å². The van der Waals surface area contributed by atoms with Crippen LogP contribution in [0.15, 0.2) is 24.9 Å². The molecule has 0 saturated heterocycles. The molecule has 0 aliphatic carbocycles. The molecule has 3 aromatic rings. The number of nitrogens with one attached hydrogen (secondary N) is 1. The first-order chi connectivity index (χ1) is 11.2. The second-order valence-corrected chi connectivity index (χ2v) is 4.85. The first-order valence-corrected chi connectivity index (χ1v) is 7.25. The van der Waals surface area contributed by atoms with Crippen LogP contribution in [-0.2, 0) is 16.0 Å². The summed E-state index contributed by atoms with van der Waals surface area (Å²) >= 11 is 0. The van der Waals surface area contributed by atoms with E-state index < -0.39 is 5.97 Å². The van der Waals surface area contributed by atoms with E-state index in [1.54, 1.807) is 31.1 Å². The van der Waals surface area contributed by atoms with Crippen molar-refractivity contribution in [2.75, 3.05) is 20.3 Å². The average Bonchev–Trinajstić information content (AvgIpc) is 3.19. The fourth-order valence-electron chi connectivity index (χ4n) is 2.34. The number of hydrogen-bond acceptors (Lipinski definition) is 6. The molecule has 0 saturated carbocycles. The van der Waals surface area contributed by atoms with Gasteiger partial charge in [0.1, 0.15) is 12.0 Å². The van der Waals surface area contributed by atoms with Gasteiger partial charge in [-0.1, -0.05) is 0 Å². The van der Waals surface area contributed by atoms with E-state index in [0.717, 1.165) is 5.56 Å². The summed E-state index contributed by atoms with van der Waals surface area (Å²) in [6, 6.07) is 0. The summed E-state index contributed by atoms with van der Waals surface area (Å²) in [5.74, 6) is -0.401. The molecule has 3 aromatic heterocycles. The Hall–Kier alpha value is -1.69. The number of carbonyl (C=O) groups is 1. The topological polar surface area (TPSA) is 94.9 Å². The van der Waals surface area contributed by atoms with Crippen molar-refractivity contribution < 1.29 is 45.4 Å². The molecule has 0 atom stereocenters. The molecule has 24 heavy (non-hydrogen) atoms. The summed E-state index contributed by atoms with van der Waals surface area (Å²) in [6.45, 7) is 3.29. The number of nitrogens with zero attached hydrogens (tertiary/aromatic N) is 4. The maximum atomic E-state index is 12.1. The Balaban J connectivity index is 0.00000208. The zero-order chi connectivity index (χ0) is 16.2. The fourth-order valence-corrected chi connectivity index (χ4v) is 2.34. The Kier molecular flexibility index (Phi) is 6.54. The molecule has 8 nitrogen and oxygen atoms in total. The molecule has 3 rings (SSSR count). The van der Waals surface area contributed by atoms with Crippen molar-refractivity contribution in [2.45, 2.75) is 13.5 Å². The van der Waals surface area contributed by atoms with E-state index in [0.29, 0.717) is 42.0 Å². The number of aromatic amines is 1. The van der Waals surface area contributed by atoms with Gasteiger partial charge in [-0.3, -0.25) is 4.68 Å². The van der Waals surface area contributed by atoms with Crippen molar-refractivity contribution in [3.8, 4) is 11.3 Å². The normalized spacial score (nSPS) is 10.6. The number of rotatable bonds is 6. The van der Waals surface area contributed by atoms with Crippen LogP contribution in [-0.4, -0.2) is 51.0 Å². The standard InChI is InChI=1S/C15H17N5O3.U/c1-3-23-15(21)11-7-16-14-12(11)13(17-9-18-14)10-6-19-20(8-10)4-5-22-2;/h6-9H,3-5H2,1-2H3,(H,16,17,18);. The molecular formula is C15H17N5O3U. The van der Waals surface area contributed by atoms with E-state index in [1.807, 2.05) is 6.20 Å². The van der Waals surface area contributed by atoms with Crippen LogP contribution in [0, 0.1) is 31.1 Å². The SMILES string of the molecule is CCOC(=O)c1c[nH]c2ncnc(-c3cnn(CCOC)c3)c12.[U]. The molecule has 0 bridgehead atoms. The molecular weight excluding hydrogens is 536 g/mol. The third-order valence-corrected chi connectivity index (χ3v) is 3.40. The predicted molar refractivity (Wildman–Crippen MR) is 82.9 cm³/mol. The van der Waals surface area contributed by atoms with Gasteiger partial charge in [0.2, 0.25) is 0 Å². The summed E-state index contributed by atoms with van der Waals surface area (Å²) in [6.07, 6.45) is 6.62. The van der Waals surface area contributed by atoms with Gasteiger partial charge in [0.15, 0.2) is 0 Å². The van der Waals surface area contributed by atoms with Crippen molar-refractivity contribution in [2.24, 2.45) is 0 Å². The monoisotopic (exact) mass is 553 g/mol. The summed E-state index contributed by atoms with van der Waals surface area (Å²) in [5.41, 5.74) is 2.45. The van der Waals surface area contributed by atoms with E-state index >= 15 is 0 Å². The van der Waals surface area contributed by atoms with Gasteiger partial charge in [0.25, 0.3) is 0 Å². The van der Waals surface area contributed by atoms with Gasteiger partial charge in [-0.05, 0) is 6.92 Å². The van der Waals surface area contributed by atoms with E-state index in [2.05, 4.69) is 20.1 Å². The van der Waals surface area contributed by atoms with Crippen LogP contribution in [0.1, 0.15) is 17.3 Å². The molecule has 3 heterocycles. The minimum atomic E-state index is -0.401. The fraction of sp³-hybridized carbons (Fsp3) is 0.333. The molecule has 0 amide bonds. The Labute approximate surface area is 162 Å². The quantitative estimate of drug-likeness (QED) is 0.467. The largest absolute Gasteiger partial charge is 0.462 e. The molecule has 9 heteroatoms. The molecule has 0 fully saturated rings. The smallest absolute Gasteiger partial charge is 0.340 e. The number of ether oxygens (including phenoxy) is 2. The van der Waals surface area contributed by atoms with Crippen molar-refractivity contribution in [1.29, 1.82) is 0 Å². The summed E-state index contributed by atoms with van der Waals surface area (Å²) in [7, 11) is 1.64. The second kappa shape index (κ2) is 8.42. The van der Waals surface area contributed by atoms with Crippen molar-refractivity contribution >= 4 is 17.0 Å². The number of aromatic nitrogens is 5. The van der Waals surface area contributed by atoms with Crippen LogP contribution in [0.5, 0.6) is 0 Å². The second-order valence-electron chi connectivity index (χ2n) is 4.85. The van der Waals surface area contributed by atoms with Crippen LogP contribution in [0.25, 0.3) is 22.3 Å². The molecule has 0 aliphatic rings. The Bertz CT molecular complexity index is 829. The van der Waals surface area contributed by atoms with Gasteiger partial charge in [-0.15, -0.1) is 0 Å². The number of fused-ring (bicyclic) bond motifs is 1. The minimum absolute atomic E-state index is 0. The zero-order valence-electron chi connectivity index (χ0n) is 13.4. The van der Waals surface area contributed by atoms with Crippen LogP contribution in [0.2, 0.25) is 0 Å². The summed E-state index contributed by atoms with van der Waals surface area (Å²) in [5, 5.41) is 4.92. The van der Waals surface area contributed by atoms with Crippen LogP contribution >= 0.6 is 0 Å². The van der Waals surface area contributed by atoms with Crippen molar-refractivity contribution in [3.63, 3.8) is 0 Å². The number of esters is 1. The van der Waals surface area contributed by atoms with Crippen LogP contribution in [0.4, 0.5) is 0 Å². The number of H-pyrrole nitrogens is 1. The zero-order valence-corrected chi connectivity index (χ0v) is 17.6. The van der Waals surface area contributed by atoms with Gasteiger partial charge in [-0.2, -0.15) is 5.10 Å². The van der Waals surface area contributed by atoms with Gasteiger partial charge in [0.05, 0.1) is 42.6 Å². The predicted octanol–water partition coefficient (Wildman–Crippen LogP) is 1.64. The first-order valence-electron chi connectivity index (χ1n) is 7.25. The van der Waals surface area contributed by atoms with Crippen molar-refractivity contribution in [3.05, 3.63) is 30.5 Å². The van der Waals surface area contributed by atoms with E-state index in [-0.39, 0.29) is 31.1 Å². The third-order valence-electron chi connectivity index (χ3n) is 3.40. The molecule has 0 spiro atoms. The van der Waals surface area contributed by atoms with Crippen LogP contribution in [0.3, 0.4) is 0 Å². The first kappa shape index (κ1) is 18.6. The molecule has 0 aromatic carbocycles.